The van der Waals surface area contributed by atoms with Crippen LogP contribution >= 0.6 is 0 Å². The summed E-state index contributed by atoms with van der Waals surface area (Å²) < 4.78 is 11.1. The lowest BCUT2D eigenvalue weighted by Gasteiger charge is -2.28. The van der Waals surface area contributed by atoms with Crippen molar-refractivity contribution in [2.45, 2.75) is 19.9 Å². The van der Waals surface area contributed by atoms with E-state index in [0.717, 1.165) is 13.1 Å². The first kappa shape index (κ1) is 26.8. The number of aliphatic hydroxyl groups excluding tert-OH is 1. The Morgan fingerprint density at radius 3 is 1.97 bits per heavy atom. The highest BCUT2D eigenvalue weighted by Gasteiger charge is 2.46. The second-order valence-electron chi connectivity index (χ2n) is 8.31. The number of carbonyl (C=O) groups excluding carboxylic acids is 2. The fourth-order valence-electron chi connectivity index (χ4n) is 4.17. The number of Topliss-reactive ketones (excluding diaryl/α,β-unsaturated/α-hetero) is 1. The van der Waals surface area contributed by atoms with Crippen molar-refractivity contribution in [2.24, 2.45) is 0 Å². The fourth-order valence-corrected chi connectivity index (χ4v) is 4.17. The van der Waals surface area contributed by atoms with Crippen LogP contribution < -0.4 is 9.47 Å². The molecule has 1 saturated heterocycles. The summed E-state index contributed by atoms with van der Waals surface area (Å²) in [5.41, 5.74) is 1.21. The van der Waals surface area contributed by atoms with Crippen LogP contribution in [0.15, 0.2) is 79.4 Å². The molecule has 36 heavy (non-hydrogen) atoms. The van der Waals surface area contributed by atoms with Crippen LogP contribution in [0.1, 0.15) is 31.0 Å². The van der Waals surface area contributed by atoms with Crippen molar-refractivity contribution in [3.63, 3.8) is 0 Å². The molecule has 190 valence electrons. The molecule has 2 aromatic carbocycles. The van der Waals surface area contributed by atoms with Gasteiger partial charge in [-0.1, -0.05) is 51.3 Å². The summed E-state index contributed by atoms with van der Waals surface area (Å²) >= 11 is 0. The molecule has 3 rings (SSSR count). The zero-order valence-electron chi connectivity index (χ0n) is 21.0. The maximum atomic E-state index is 13.2. The molecule has 1 amide bonds. The average Bonchev–Trinajstić information content (AvgIpc) is 3.16. The lowest BCUT2D eigenvalue weighted by atomic mass is 9.95. The van der Waals surface area contributed by atoms with Gasteiger partial charge in [-0.3, -0.25) is 9.59 Å². The molecule has 0 bridgehead atoms. The number of hydrogen-bond donors (Lipinski definition) is 1. The lowest BCUT2D eigenvalue weighted by molar-refractivity contribution is -0.140. The second kappa shape index (κ2) is 12.7. The van der Waals surface area contributed by atoms with Gasteiger partial charge in [0.2, 0.25) is 0 Å². The minimum absolute atomic E-state index is 0.0686. The molecule has 0 aromatic heterocycles. The summed E-state index contributed by atoms with van der Waals surface area (Å²) in [6.07, 6.45) is 3.30. The molecule has 7 nitrogen and oxygen atoms in total. The molecule has 0 spiro atoms. The normalized spacial score (nSPS) is 16.9. The van der Waals surface area contributed by atoms with Gasteiger partial charge in [-0.2, -0.15) is 0 Å². The zero-order valence-corrected chi connectivity index (χ0v) is 21.0. The molecule has 0 saturated carbocycles. The van der Waals surface area contributed by atoms with Gasteiger partial charge in [-0.15, -0.1) is 0 Å². The van der Waals surface area contributed by atoms with Crippen LogP contribution in [-0.4, -0.2) is 66.0 Å². The monoisotopic (exact) mass is 490 g/mol. The van der Waals surface area contributed by atoms with Gasteiger partial charge in [-0.05, 0) is 55.1 Å². The third kappa shape index (κ3) is 6.04. The Morgan fingerprint density at radius 2 is 1.47 bits per heavy atom. The number of ether oxygens (including phenoxy) is 2. The Balaban J connectivity index is 2.02. The summed E-state index contributed by atoms with van der Waals surface area (Å²) in [5.74, 6) is -0.278. The Morgan fingerprint density at radius 1 is 0.944 bits per heavy atom. The molecule has 1 N–H and O–H groups in total. The number of hydrogen-bond acceptors (Lipinski definition) is 6. The minimum Gasteiger partial charge on any atom is -0.507 e. The van der Waals surface area contributed by atoms with E-state index in [1.165, 1.54) is 0 Å². The predicted octanol–water partition coefficient (Wildman–Crippen LogP) is 4.58. The van der Waals surface area contributed by atoms with Crippen LogP contribution in [0, 0.1) is 0 Å². The molecular formula is C29H34N2O5. The van der Waals surface area contributed by atoms with Crippen molar-refractivity contribution in [3.05, 3.63) is 90.5 Å². The first-order valence-electron chi connectivity index (χ1n) is 12.1. The Kier molecular flexibility index (Phi) is 9.47. The largest absolute Gasteiger partial charge is 0.507 e. The summed E-state index contributed by atoms with van der Waals surface area (Å²) in [7, 11) is 0. The van der Waals surface area contributed by atoms with Crippen LogP contribution in [0.3, 0.4) is 0 Å². The number of ketones is 1. The topological polar surface area (TPSA) is 79.3 Å². The third-order valence-corrected chi connectivity index (χ3v) is 6.15. The fraction of sp³-hybridized carbons (Fsp3) is 0.310. The van der Waals surface area contributed by atoms with E-state index in [2.05, 4.69) is 31.9 Å². The summed E-state index contributed by atoms with van der Waals surface area (Å²) in [5, 5.41) is 11.2. The molecular weight excluding hydrogens is 456 g/mol. The smallest absolute Gasteiger partial charge is 0.295 e. The highest BCUT2D eigenvalue weighted by atomic mass is 16.5. The molecule has 7 heteroatoms. The number of likely N-dealkylation sites (tertiary alicyclic amines) is 1. The van der Waals surface area contributed by atoms with Crippen molar-refractivity contribution < 1.29 is 24.2 Å². The maximum absolute atomic E-state index is 13.2. The van der Waals surface area contributed by atoms with E-state index in [-0.39, 0.29) is 11.3 Å². The number of likely N-dealkylation sites (N-methyl/N-ethyl adjacent to an activating group) is 1. The predicted molar refractivity (Wildman–Crippen MR) is 141 cm³/mol. The van der Waals surface area contributed by atoms with E-state index in [1.807, 2.05) is 12.1 Å². The van der Waals surface area contributed by atoms with E-state index in [4.69, 9.17) is 9.47 Å². The van der Waals surface area contributed by atoms with Crippen molar-refractivity contribution in [2.75, 3.05) is 39.4 Å². The van der Waals surface area contributed by atoms with Crippen molar-refractivity contribution >= 4 is 17.4 Å². The van der Waals surface area contributed by atoms with Gasteiger partial charge in [0.05, 0.1) is 11.6 Å². The molecule has 2 aromatic rings. The van der Waals surface area contributed by atoms with E-state index in [0.29, 0.717) is 48.9 Å². The number of benzene rings is 2. The lowest BCUT2D eigenvalue weighted by Crippen LogP contribution is -2.38. The standard InChI is InChI=1S/C29H34N2O5/c1-5-19-35-23-13-9-21(10-14-23)26-25(27(32)22-11-15-24(16-12-22)36-20-6-2)28(33)29(34)31(26)18-17-30(7-3)8-4/h5-6,9-16,26,32H,1-2,7-8,17-20H2,3-4H3/b27-25-. The number of carbonyl (C=O) groups is 2. The van der Waals surface area contributed by atoms with Crippen molar-refractivity contribution in [3.8, 4) is 11.5 Å². The van der Waals surface area contributed by atoms with E-state index in [1.54, 1.807) is 53.5 Å². The Hall–Kier alpha value is -3.84. The highest BCUT2D eigenvalue weighted by molar-refractivity contribution is 6.46. The van der Waals surface area contributed by atoms with Crippen molar-refractivity contribution in [1.29, 1.82) is 0 Å². The maximum Gasteiger partial charge on any atom is 0.295 e. The summed E-state index contributed by atoms with van der Waals surface area (Å²) in [6.45, 7) is 14.8. The first-order valence-corrected chi connectivity index (χ1v) is 12.1. The summed E-state index contributed by atoms with van der Waals surface area (Å²) in [6, 6.07) is 13.2. The van der Waals surface area contributed by atoms with E-state index < -0.39 is 17.7 Å². The van der Waals surface area contributed by atoms with Gasteiger partial charge in [0.15, 0.2) is 0 Å². The van der Waals surface area contributed by atoms with Gasteiger partial charge in [0.25, 0.3) is 11.7 Å². The highest BCUT2D eigenvalue weighted by Crippen LogP contribution is 2.39. The third-order valence-electron chi connectivity index (χ3n) is 6.15. The van der Waals surface area contributed by atoms with Crippen LogP contribution in [0.2, 0.25) is 0 Å². The number of rotatable bonds is 13. The number of nitrogens with zero attached hydrogens (tertiary/aromatic N) is 2. The van der Waals surface area contributed by atoms with Crippen LogP contribution in [-0.2, 0) is 9.59 Å². The molecule has 1 aliphatic rings. The SMILES string of the molecule is C=CCOc1ccc(/C(O)=C2/C(=O)C(=O)N(CCN(CC)CC)C2c2ccc(OCC=C)cc2)cc1. The van der Waals surface area contributed by atoms with E-state index >= 15 is 0 Å². The summed E-state index contributed by atoms with van der Waals surface area (Å²) in [4.78, 5) is 30.1. The Bertz CT molecular complexity index is 1100. The van der Waals surface area contributed by atoms with Gasteiger partial charge in [0.1, 0.15) is 30.5 Å². The van der Waals surface area contributed by atoms with Crippen LogP contribution in [0.25, 0.3) is 5.76 Å². The molecule has 1 fully saturated rings. The van der Waals surface area contributed by atoms with Crippen LogP contribution in [0.4, 0.5) is 0 Å². The minimum atomic E-state index is -0.717. The average molecular weight is 491 g/mol. The van der Waals surface area contributed by atoms with E-state index in [9.17, 15) is 14.7 Å². The van der Waals surface area contributed by atoms with Gasteiger partial charge >= 0.3 is 0 Å². The van der Waals surface area contributed by atoms with Crippen molar-refractivity contribution in [1.82, 2.24) is 9.80 Å². The van der Waals surface area contributed by atoms with Gasteiger partial charge in [-0.25, -0.2) is 0 Å². The number of aliphatic hydroxyl groups is 1. The molecule has 1 unspecified atom stereocenters. The first-order chi connectivity index (χ1) is 17.4. The number of amides is 1. The van der Waals surface area contributed by atoms with Gasteiger partial charge < -0.3 is 24.4 Å². The Labute approximate surface area is 212 Å². The van der Waals surface area contributed by atoms with Crippen LogP contribution in [0.5, 0.6) is 11.5 Å². The quantitative estimate of drug-likeness (QED) is 0.192. The zero-order chi connectivity index (χ0) is 26.1. The molecule has 0 aliphatic carbocycles. The molecule has 1 atom stereocenters. The molecule has 1 aliphatic heterocycles. The molecule has 1 heterocycles. The van der Waals surface area contributed by atoms with Gasteiger partial charge in [0, 0.05) is 18.7 Å². The molecule has 0 radical (unpaired) electrons. The second-order valence-corrected chi connectivity index (χ2v) is 8.31.